The molecule has 3 rings (SSSR count). The van der Waals surface area contributed by atoms with Crippen LogP contribution in [0, 0.1) is 17.8 Å². The zero-order valence-electron chi connectivity index (χ0n) is 11.6. The smallest absolute Gasteiger partial charge is 0.160 e. The summed E-state index contributed by atoms with van der Waals surface area (Å²) in [6.45, 7) is 0. The van der Waals surface area contributed by atoms with Crippen LogP contribution in [0.25, 0.3) is 0 Å². The van der Waals surface area contributed by atoms with Gasteiger partial charge in [-0.3, -0.25) is 0 Å². The Bertz CT molecular complexity index is 450. The van der Waals surface area contributed by atoms with Gasteiger partial charge in [0.15, 0.2) is 11.5 Å². The minimum atomic E-state index is 0.272. The fourth-order valence-corrected chi connectivity index (χ4v) is 4.33. The van der Waals surface area contributed by atoms with Gasteiger partial charge in [-0.05, 0) is 54.7 Å². The number of benzene rings is 1. The number of hydrogen-bond donors (Lipinski definition) is 0. The zero-order valence-corrected chi connectivity index (χ0v) is 12.3. The van der Waals surface area contributed by atoms with Gasteiger partial charge in [0, 0.05) is 5.38 Å². The average Bonchev–Trinajstić information content (AvgIpc) is 2.92. The standard InChI is InChI=1S/C16H21ClO2/c1-18-14-7-6-10(9-15(14)19-2)8-13(17)16-11-4-3-5-12(11)16/h6-7,9,11-13,16H,3-5,8H2,1-2H3. The van der Waals surface area contributed by atoms with E-state index in [4.69, 9.17) is 21.1 Å². The minimum Gasteiger partial charge on any atom is -0.493 e. The lowest BCUT2D eigenvalue weighted by atomic mass is 10.0. The zero-order chi connectivity index (χ0) is 13.4. The first-order chi connectivity index (χ1) is 9.24. The lowest BCUT2D eigenvalue weighted by molar-refractivity contribution is 0.354. The van der Waals surface area contributed by atoms with Crippen molar-refractivity contribution in [2.45, 2.75) is 31.1 Å². The Morgan fingerprint density at radius 1 is 1.16 bits per heavy atom. The van der Waals surface area contributed by atoms with Crippen LogP contribution in [0.5, 0.6) is 11.5 Å². The van der Waals surface area contributed by atoms with Crippen molar-refractivity contribution in [2.24, 2.45) is 17.8 Å². The highest BCUT2D eigenvalue weighted by molar-refractivity contribution is 6.21. The van der Waals surface area contributed by atoms with Crippen molar-refractivity contribution >= 4 is 11.6 Å². The molecule has 0 N–H and O–H groups in total. The monoisotopic (exact) mass is 280 g/mol. The molecule has 1 aromatic carbocycles. The van der Waals surface area contributed by atoms with Crippen LogP contribution < -0.4 is 9.47 Å². The molecule has 0 bridgehead atoms. The van der Waals surface area contributed by atoms with Crippen molar-refractivity contribution in [1.82, 2.24) is 0 Å². The van der Waals surface area contributed by atoms with Gasteiger partial charge in [-0.2, -0.15) is 0 Å². The van der Waals surface area contributed by atoms with E-state index in [1.807, 2.05) is 12.1 Å². The topological polar surface area (TPSA) is 18.5 Å². The number of methoxy groups -OCH3 is 2. The van der Waals surface area contributed by atoms with E-state index in [0.29, 0.717) is 0 Å². The third-order valence-corrected chi connectivity index (χ3v) is 5.21. The second kappa shape index (κ2) is 5.24. The highest BCUT2D eigenvalue weighted by Gasteiger charge is 2.55. The van der Waals surface area contributed by atoms with E-state index < -0.39 is 0 Å². The Morgan fingerprint density at radius 3 is 2.47 bits per heavy atom. The van der Waals surface area contributed by atoms with Crippen LogP contribution in [0.3, 0.4) is 0 Å². The van der Waals surface area contributed by atoms with Gasteiger partial charge in [0.05, 0.1) is 14.2 Å². The number of hydrogen-bond acceptors (Lipinski definition) is 2. The number of halogens is 1. The Kier molecular flexibility index (Phi) is 3.62. The molecule has 1 aromatic rings. The highest BCUT2D eigenvalue weighted by Crippen LogP contribution is 2.60. The molecule has 2 aliphatic rings. The molecule has 3 heteroatoms. The summed E-state index contributed by atoms with van der Waals surface area (Å²) >= 11 is 6.61. The van der Waals surface area contributed by atoms with Crippen LogP contribution >= 0.6 is 11.6 Å². The lowest BCUT2D eigenvalue weighted by Crippen LogP contribution is -2.10. The average molecular weight is 281 g/mol. The first-order valence-electron chi connectivity index (χ1n) is 7.09. The van der Waals surface area contributed by atoms with Gasteiger partial charge in [-0.1, -0.05) is 12.5 Å². The first-order valence-corrected chi connectivity index (χ1v) is 7.53. The molecule has 0 spiro atoms. The quantitative estimate of drug-likeness (QED) is 0.762. The molecule has 0 aliphatic heterocycles. The van der Waals surface area contributed by atoms with Gasteiger partial charge < -0.3 is 9.47 Å². The Morgan fingerprint density at radius 2 is 1.84 bits per heavy atom. The second-order valence-corrected chi connectivity index (χ2v) is 6.31. The molecule has 19 heavy (non-hydrogen) atoms. The summed E-state index contributed by atoms with van der Waals surface area (Å²) in [7, 11) is 3.33. The first kappa shape index (κ1) is 13.1. The number of rotatable bonds is 5. The predicted molar refractivity (Wildman–Crippen MR) is 77.2 cm³/mol. The van der Waals surface area contributed by atoms with Crippen molar-refractivity contribution in [3.8, 4) is 11.5 Å². The summed E-state index contributed by atoms with van der Waals surface area (Å²) in [5.41, 5.74) is 1.24. The van der Waals surface area contributed by atoms with E-state index in [1.54, 1.807) is 14.2 Å². The molecule has 2 saturated carbocycles. The summed E-state index contributed by atoms with van der Waals surface area (Å²) in [4.78, 5) is 0. The minimum absolute atomic E-state index is 0.272. The third kappa shape index (κ3) is 2.43. The van der Waals surface area contributed by atoms with Crippen molar-refractivity contribution in [2.75, 3.05) is 14.2 Å². The molecule has 2 aliphatic carbocycles. The highest BCUT2D eigenvalue weighted by atomic mass is 35.5. The molecule has 104 valence electrons. The van der Waals surface area contributed by atoms with Crippen LogP contribution in [0.1, 0.15) is 24.8 Å². The molecular weight excluding hydrogens is 260 g/mol. The summed E-state index contributed by atoms with van der Waals surface area (Å²) in [5, 5.41) is 0.272. The molecule has 2 fully saturated rings. The van der Waals surface area contributed by atoms with E-state index >= 15 is 0 Å². The van der Waals surface area contributed by atoms with Crippen molar-refractivity contribution in [3.05, 3.63) is 23.8 Å². The van der Waals surface area contributed by atoms with Gasteiger partial charge in [-0.15, -0.1) is 11.6 Å². The number of ether oxygens (including phenoxy) is 2. The predicted octanol–water partition coefficient (Wildman–Crippen LogP) is 3.90. The maximum Gasteiger partial charge on any atom is 0.160 e. The van der Waals surface area contributed by atoms with Crippen LogP contribution in [-0.2, 0) is 6.42 Å². The molecule has 0 saturated heterocycles. The van der Waals surface area contributed by atoms with E-state index in [2.05, 4.69) is 6.07 Å². The number of alkyl halides is 1. The van der Waals surface area contributed by atoms with E-state index in [1.165, 1.54) is 24.8 Å². The van der Waals surface area contributed by atoms with Crippen LogP contribution in [0.15, 0.2) is 18.2 Å². The lowest BCUT2D eigenvalue weighted by Gasteiger charge is -2.13. The number of fused-ring (bicyclic) bond motifs is 1. The van der Waals surface area contributed by atoms with Crippen molar-refractivity contribution in [1.29, 1.82) is 0 Å². The van der Waals surface area contributed by atoms with Gasteiger partial charge in [-0.25, -0.2) is 0 Å². The van der Waals surface area contributed by atoms with E-state index in [9.17, 15) is 0 Å². The fraction of sp³-hybridized carbons (Fsp3) is 0.625. The van der Waals surface area contributed by atoms with E-state index in [0.717, 1.165) is 35.7 Å². The van der Waals surface area contributed by atoms with E-state index in [-0.39, 0.29) is 5.38 Å². The van der Waals surface area contributed by atoms with Crippen LogP contribution in [0.4, 0.5) is 0 Å². The maximum atomic E-state index is 6.61. The Labute approximate surface area is 120 Å². The molecule has 2 nitrogen and oxygen atoms in total. The molecule has 0 heterocycles. The van der Waals surface area contributed by atoms with Gasteiger partial charge >= 0.3 is 0 Å². The molecule has 0 radical (unpaired) electrons. The largest absolute Gasteiger partial charge is 0.493 e. The SMILES string of the molecule is COc1ccc(CC(Cl)C2C3CCCC32)cc1OC. The Balaban J connectivity index is 1.66. The molecule has 0 amide bonds. The van der Waals surface area contributed by atoms with Gasteiger partial charge in [0.1, 0.15) is 0 Å². The van der Waals surface area contributed by atoms with Crippen molar-refractivity contribution < 1.29 is 9.47 Å². The summed E-state index contributed by atoms with van der Waals surface area (Å²) in [6, 6.07) is 6.10. The Hall–Kier alpha value is -0.890. The summed E-state index contributed by atoms with van der Waals surface area (Å²) in [5.74, 6) is 4.16. The normalized spacial score (nSPS) is 29.7. The van der Waals surface area contributed by atoms with Crippen molar-refractivity contribution in [3.63, 3.8) is 0 Å². The van der Waals surface area contributed by atoms with Crippen LogP contribution in [-0.4, -0.2) is 19.6 Å². The molecule has 0 aromatic heterocycles. The second-order valence-electron chi connectivity index (χ2n) is 5.75. The van der Waals surface area contributed by atoms with Gasteiger partial charge in [0.2, 0.25) is 0 Å². The van der Waals surface area contributed by atoms with Crippen LogP contribution in [0.2, 0.25) is 0 Å². The molecular formula is C16H21ClO2. The molecule has 3 atom stereocenters. The fourth-order valence-electron chi connectivity index (χ4n) is 3.78. The molecule has 3 unspecified atom stereocenters. The summed E-state index contributed by atoms with van der Waals surface area (Å²) in [6.07, 6.45) is 5.13. The summed E-state index contributed by atoms with van der Waals surface area (Å²) < 4.78 is 10.6. The van der Waals surface area contributed by atoms with Gasteiger partial charge in [0.25, 0.3) is 0 Å². The third-order valence-electron chi connectivity index (χ3n) is 4.77. The maximum absolute atomic E-state index is 6.61.